The summed E-state index contributed by atoms with van der Waals surface area (Å²) < 4.78 is 0. The molecule has 0 aliphatic carbocycles. The van der Waals surface area contributed by atoms with Gasteiger partial charge >= 0.3 is 0 Å². The Morgan fingerprint density at radius 1 is 1.40 bits per heavy atom. The zero-order valence-corrected chi connectivity index (χ0v) is 8.30. The molecule has 1 aromatic carbocycles. The predicted molar refractivity (Wildman–Crippen MR) is 57.7 cm³/mol. The van der Waals surface area contributed by atoms with Gasteiger partial charge in [0.05, 0.1) is 18.6 Å². The van der Waals surface area contributed by atoms with Gasteiger partial charge in [-0.2, -0.15) is 5.26 Å². The van der Waals surface area contributed by atoms with Crippen LogP contribution in [0.4, 0.5) is 0 Å². The van der Waals surface area contributed by atoms with Crippen molar-refractivity contribution in [1.82, 2.24) is 0 Å². The van der Waals surface area contributed by atoms with E-state index in [-0.39, 0.29) is 6.42 Å². The van der Waals surface area contributed by atoms with E-state index in [0.717, 1.165) is 5.56 Å². The summed E-state index contributed by atoms with van der Waals surface area (Å²) in [6.45, 7) is 3.62. The van der Waals surface area contributed by atoms with E-state index in [1.54, 1.807) is 24.3 Å². The lowest BCUT2D eigenvalue weighted by Crippen LogP contribution is -2.18. The third-order valence-electron chi connectivity index (χ3n) is 2.20. The van der Waals surface area contributed by atoms with Gasteiger partial charge in [-0.05, 0) is 11.1 Å². The fraction of sp³-hybridized carbons (Fsp3) is 0.250. The zero-order valence-electron chi connectivity index (χ0n) is 8.30. The largest absolute Gasteiger partial charge is 0.389 e. The van der Waals surface area contributed by atoms with Gasteiger partial charge in [-0.3, -0.25) is 0 Å². The van der Waals surface area contributed by atoms with Crippen LogP contribution < -0.4 is 0 Å². The highest BCUT2D eigenvalue weighted by atomic mass is 16.3. The molecule has 1 aromatic rings. The van der Waals surface area contributed by atoms with Crippen LogP contribution in [0.15, 0.2) is 30.8 Å². The lowest BCUT2D eigenvalue weighted by molar-refractivity contribution is 0.0215. The number of nitrogens with zero attached hydrogens (tertiary/aromatic N) is 1. The number of hydrogen-bond acceptors (Lipinski definition) is 3. The maximum Gasteiger partial charge on any atom is 0.106 e. The number of nitriles is 1. The Kier molecular flexibility index (Phi) is 4.04. The van der Waals surface area contributed by atoms with Crippen molar-refractivity contribution in [1.29, 1.82) is 5.26 Å². The maximum atomic E-state index is 9.78. The average molecular weight is 203 g/mol. The van der Waals surface area contributed by atoms with Crippen molar-refractivity contribution in [3.63, 3.8) is 0 Å². The monoisotopic (exact) mass is 203 g/mol. The number of hydrogen-bond donors (Lipinski definition) is 2. The Labute approximate surface area is 88.9 Å². The van der Waals surface area contributed by atoms with Crippen LogP contribution in [0.25, 0.3) is 6.08 Å². The van der Waals surface area contributed by atoms with Crippen molar-refractivity contribution in [2.24, 2.45) is 0 Å². The molecule has 0 saturated heterocycles. The zero-order chi connectivity index (χ0) is 11.3. The van der Waals surface area contributed by atoms with Gasteiger partial charge < -0.3 is 10.2 Å². The van der Waals surface area contributed by atoms with E-state index in [1.807, 2.05) is 12.1 Å². The molecule has 2 unspecified atom stereocenters. The number of rotatable bonds is 4. The third-order valence-corrected chi connectivity index (χ3v) is 2.20. The van der Waals surface area contributed by atoms with Gasteiger partial charge in [-0.25, -0.2) is 0 Å². The van der Waals surface area contributed by atoms with Gasteiger partial charge in [0.15, 0.2) is 0 Å². The molecule has 1 rings (SSSR count). The molecular weight excluding hydrogens is 190 g/mol. The van der Waals surface area contributed by atoms with Crippen LogP contribution in [0.5, 0.6) is 0 Å². The van der Waals surface area contributed by atoms with E-state index in [2.05, 4.69) is 6.58 Å². The second-order valence-corrected chi connectivity index (χ2v) is 3.21. The van der Waals surface area contributed by atoms with Crippen LogP contribution in [0, 0.1) is 11.3 Å². The molecule has 2 N–H and O–H groups in total. The molecule has 3 nitrogen and oxygen atoms in total. The molecule has 3 heteroatoms. The van der Waals surface area contributed by atoms with Crippen molar-refractivity contribution < 1.29 is 10.2 Å². The Hall–Kier alpha value is -1.63. The maximum absolute atomic E-state index is 9.78. The molecule has 0 spiro atoms. The van der Waals surface area contributed by atoms with Crippen LogP contribution in [0.2, 0.25) is 0 Å². The first-order valence-corrected chi connectivity index (χ1v) is 4.65. The lowest BCUT2D eigenvalue weighted by atomic mass is 9.97. The van der Waals surface area contributed by atoms with Crippen molar-refractivity contribution in [3.8, 4) is 6.07 Å². The molecule has 15 heavy (non-hydrogen) atoms. The van der Waals surface area contributed by atoms with Gasteiger partial charge in [-0.1, -0.05) is 36.9 Å². The number of benzene rings is 1. The fourth-order valence-corrected chi connectivity index (χ4v) is 1.38. The highest BCUT2D eigenvalue weighted by molar-refractivity contribution is 5.52. The van der Waals surface area contributed by atoms with Crippen molar-refractivity contribution >= 4 is 6.08 Å². The SMILES string of the molecule is C=Cc1ccccc1C(O)C(O)CC#N. The summed E-state index contributed by atoms with van der Waals surface area (Å²) in [5.41, 5.74) is 1.36. The van der Waals surface area contributed by atoms with Gasteiger partial charge in [0.2, 0.25) is 0 Å². The molecule has 0 amide bonds. The molecule has 0 fully saturated rings. The predicted octanol–water partition coefficient (Wildman–Crippen LogP) is 1.64. The van der Waals surface area contributed by atoms with Gasteiger partial charge in [0.1, 0.15) is 6.10 Å². The first-order valence-electron chi connectivity index (χ1n) is 4.65. The van der Waals surface area contributed by atoms with E-state index < -0.39 is 12.2 Å². The minimum Gasteiger partial charge on any atom is -0.389 e. The quantitative estimate of drug-likeness (QED) is 0.781. The summed E-state index contributed by atoms with van der Waals surface area (Å²) >= 11 is 0. The number of aliphatic hydroxyl groups excluding tert-OH is 2. The minimum atomic E-state index is -1.06. The van der Waals surface area contributed by atoms with E-state index in [4.69, 9.17) is 5.26 Å². The highest BCUT2D eigenvalue weighted by Crippen LogP contribution is 2.23. The van der Waals surface area contributed by atoms with Crippen molar-refractivity contribution in [2.45, 2.75) is 18.6 Å². The van der Waals surface area contributed by atoms with E-state index in [0.29, 0.717) is 5.56 Å². The standard InChI is InChI=1S/C12H13NO2/c1-2-9-5-3-4-6-10(9)12(15)11(14)7-8-13/h2-6,11-12,14-15H,1,7H2. The molecule has 0 saturated carbocycles. The summed E-state index contributed by atoms with van der Waals surface area (Å²) in [7, 11) is 0. The van der Waals surface area contributed by atoms with E-state index in [1.165, 1.54) is 0 Å². The Morgan fingerprint density at radius 2 is 2.07 bits per heavy atom. The topological polar surface area (TPSA) is 64.2 Å². The Morgan fingerprint density at radius 3 is 2.67 bits per heavy atom. The molecule has 0 aliphatic rings. The second-order valence-electron chi connectivity index (χ2n) is 3.21. The molecule has 0 bridgehead atoms. The van der Waals surface area contributed by atoms with Gasteiger partial charge in [-0.15, -0.1) is 0 Å². The van der Waals surface area contributed by atoms with Gasteiger partial charge in [0.25, 0.3) is 0 Å². The molecular formula is C12H13NO2. The molecule has 0 radical (unpaired) electrons. The molecule has 78 valence electrons. The van der Waals surface area contributed by atoms with E-state index in [9.17, 15) is 10.2 Å². The summed E-state index contributed by atoms with van der Waals surface area (Å²) in [4.78, 5) is 0. The normalized spacial score (nSPS) is 13.9. The summed E-state index contributed by atoms with van der Waals surface area (Å²) in [6, 6.07) is 8.92. The molecule has 0 aromatic heterocycles. The Bertz CT molecular complexity index is 381. The first kappa shape index (κ1) is 11.4. The Balaban J connectivity index is 2.95. The van der Waals surface area contributed by atoms with Crippen molar-refractivity contribution in [3.05, 3.63) is 42.0 Å². The second kappa shape index (κ2) is 5.30. The lowest BCUT2D eigenvalue weighted by Gasteiger charge is -2.17. The summed E-state index contributed by atoms with van der Waals surface area (Å²) in [5.74, 6) is 0. The molecule has 2 atom stereocenters. The minimum absolute atomic E-state index is 0.0906. The first-order chi connectivity index (χ1) is 7.20. The van der Waals surface area contributed by atoms with Crippen LogP contribution in [0.3, 0.4) is 0 Å². The van der Waals surface area contributed by atoms with Crippen LogP contribution in [-0.2, 0) is 0 Å². The van der Waals surface area contributed by atoms with Crippen LogP contribution in [-0.4, -0.2) is 16.3 Å². The summed E-state index contributed by atoms with van der Waals surface area (Å²) in [6.07, 6.45) is -0.584. The smallest absolute Gasteiger partial charge is 0.106 e. The number of aliphatic hydroxyl groups is 2. The average Bonchev–Trinajstić information content (AvgIpc) is 2.28. The molecule has 0 heterocycles. The van der Waals surface area contributed by atoms with E-state index >= 15 is 0 Å². The third kappa shape index (κ3) is 2.66. The molecule has 0 aliphatic heterocycles. The van der Waals surface area contributed by atoms with Crippen LogP contribution >= 0.6 is 0 Å². The fourth-order valence-electron chi connectivity index (χ4n) is 1.38. The van der Waals surface area contributed by atoms with Crippen LogP contribution in [0.1, 0.15) is 23.7 Å². The van der Waals surface area contributed by atoms with Gasteiger partial charge in [0, 0.05) is 0 Å². The highest BCUT2D eigenvalue weighted by Gasteiger charge is 2.19. The summed E-state index contributed by atoms with van der Waals surface area (Å²) in [5, 5.41) is 27.7. The van der Waals surface area contributed by atoms with Crippen molar-refractivity contribution in [2.75, 3.05) is 0 Å².